The summed E-state index contributed by atoms with van der Waals surface area (Å²) in [6, 6.07) is -4.04. The van der Waals surface area contributed by atoms with E-state index in [2.05, 4.69) is 16.0 Å². The van der Waals surface area contributed by atoms with Crippen molar-refractivity contribution in [1.82, 2.24) is 16.0 Å². The van der Waals surface area contributed by atoms with Gasteiger partial charge >= 0.3 is 5.97 Å². The van der Waals surface area contributed by atoms with Gasteiger partial charge in [-0.2, -0.15) is 11.8 Å². The van der Waals surface area contributed by atoms with Gasteiger partial charge in [0.15, 0.2) is 0 Å². The van der Waals surface area contributed by atoms with Gasteiger partial charge in [0.05, 0.1) is 6.04 Å². The molecule has 11 nitrogen and oxygen atoms in total. The van der Waals surface area contributed by atoms with Crippen molar-refractivity contribution in [1.29, 1.82) is 0 Å². The topological polar surface area (TPSA) is 194 Å². The lowest BCUT2D eigenvalue weighted by Crippen LogP contribution is -2.56. The quantitative estimate of drug-likeness (QED) is 0.177. The molecular weight excluding hydrogens is 426 g/mol. The van der Waals surface area contributed by atoms with Gasteiger partial charge in [-0.1, -0.05) is 13.8 Å². The third-order valence-corrected chi connectivity index (χ3v) is 5.00. The maximum absolute atomic E-state index is 12.6. The SMILES string of the molecule is CSCCC(NC(=O)C(N)CCC(N)=O)C(=O)NC(C)C(=O)NC(CC(C)C)C(=O)O. The average molecular weight is 462 g/mol. The summed E-state index contributed by atoms with van der Waals surface area (Å²) in [4.78, 5) is 59.4. The van der Waals surface area contributed by atoms with E-state index in [9.17, 15) is 29.1 Å². The predicted octanol–water partition coefficient (Wildman–Crippen LogP) is -1.06. The maximum Gasteiger partial charge on any atom is 0.326 e. The van der Waals surface area contributed by atoms with Gasteiger partial charge in [-0.15, -0.1) is 0 Å². The van der Waals surface area contributed by atoms with Crippen LogP contribution in [-0.4, -0.2) is 70.9 Å². The summed E-state index contributed by atoms with van der Waals surface area (Å²) in [6.45, 7) is 5.09. The van der Waals surface area contributed by atoms with E-state index < -0.39 is 53.8 Å². The molecule has 0 aromatic rings. The number of nitrogens with one attached hydrogen (secondary N) is 3. The summed E-state index contributed by atoms with van der Waals surface area (Å²) in [5.74, 6) is -2.98. The highest BCUT2D eigenvalue weighted by Gasteiger charge is 2.28. The third kappa shape index (κ3) is 12.2. The fourth-order valence-corrected chi connectivity index (χ4v) is 3.05. The molecule has 0 aromatic carbocycles. The van der Waals surface area contributed by atoms with Crippen molar-refractivity contribution >= 4 is 41.4 Å². The highest BCUT2D eigenvalue weighted by Crippen LogP contribution is 2.06. The van der Waals surface area contributed by atoms with E-state index in [0.717, 1.165) is 0 Å². The molecule has 0 fully saturated rings. The second-order valence-corrected chi connectivity index (χ2v) is 8.70. The number of carbonyl (C=O) groups is 5. The normalized spacial score (nSPS) is 14.8. The summed E-state index contributed by atoms with van der Waals surface area (Å²) in [5, 5.41) is 16.7. The molecule has 0 bridgehead atoms. The van der Waals surface area contributed by atoms with Crippen molar-refractivity contribution < 1.29 is 29.1 Å². The van der Waals surface area contributed by atoms with Gasteiger partial charge < -0.3 is 32.5 Å². The Hall–Kier alpha value is -2.34. The Bertz CT molecular complexity index is 645. The minimum atomic E-state index is -1.16. The Morgan fingerprint density at radius 1 is 0.903 bits per heavy atom. The van der Waals surface area contributed by atoms with E-state index in [4.69, 9.17) is 11.5 Å². The number of rotatable bonds is 15. The molecule has 31 heavy (non-hydrogen) atoms. The Morgan fingerprint density at radius 3 is 1.97 bits per heavy atom. The minimum absolute atomic E-state index is 0.0449. The summed E-state index contributed by atoms with van der Waals surface area (Å²) in [5.41, 5.74) is 10.8. The molecule has 8 N–H and O–H groups in total. The first-order valence-corrected chi connectivity index (χ1v) is 11.4. The average Bonchev–Trinajstić information content (AvgIpc) is 2.67. The van der Waals surface area contributed by atoms with E-state index >= 15 is 0 Å². The highest BCUT2D eigenvalue weighted by atomic mass is 32.2. The molecule has 4 unspecified atom stereocenters. The zero-order valence-corrected chi connectivity index (χ0v) is 19.3. The van der Waals surface area contributed by atoms with Crippen LogP contribution < -0.4 is 27.4 Å². The predicted molar refractivity (Wildman–Crippen MR) is 118 cm³/mol. The van der Waals surface area contributed by atoms with Crippen LogP contribution in [-0.2, 0) is 24.0 Å². The second-order valence-electron chi connectivity index (χ2n) is 7.71. The molecule has 4 amide bonds. The molecule has 0 aliphatic carbocycles. The van der Waals surface area contributed by atoms with Crippen LogP contribution in [0.5, 0.6) is 0 Å². The van der Waals surface area contributed by atoms with Gasteiger partial charge in [-0.25, -0.2) is 4.79 Å². The first-order valence-electron chi connectivity index (χ1n) is 10.1. The molecule has 0 aliphatic heterocycles. The molecule has 0 saturated heterocycles. The summed E-state index contributed by atoms with van der Waals surface area (Å²) in [7, 11) is 0. The first-order chi connectivity index (χ1) is 14.4. The van der Waals surface area contributed by atoms with Crippen molar-refractivity contribution in [3.05, 3.63) is 0 Å². The lowest BCUT2D eigenvalue weighted by molar-refractivity contribution is -0.142. The number of hydrogen-bond acceptors (Lipinski definition) is 7. The van der Waals surface area contributed by atoms with Gasteiger partial charge in [-0.3, -0.25) is 19.2 Å². The number of aliphatic carboxylic acids is 1. The van der Waals surface area contributed by atoms with Crippen molar-refractivity contribution in [2.45, 2.75) is 70.6 Å². The van der Waals surface area contributed by atoms with E-state index in [0.29, 0.717) is 12.2 Å². The highest BCUT2D eigenvalue weighted by molar-refractivity contribution is 7.98. The Morgan fingerprint density at radius 2 is 1.48 bits per heavy atom. The summed E-state index contributed by atoms with van der Waals surface area (Å²) < 4.78 is 0. The number of hydrogen-bond donors (Lipinski definition) is 6. The molecule has 4 atom stereocenters. The van der Waals surface area contributed by atoms with E-state index in [1.807, 2.05) is 20.1 Å². The molecular formula is C19H35N5O6S. The summed E-state index contributed by atoms with van der Waals surface area (Å²) >= 11 is 1.47. The zero-order chi connectivity index (χ0) is 24.1. The van der Waals surface area contributed by atoms with Crippen molar-refractivity contribution in [2.75, 3.05) is 12.0 Å². The molecule has 178 valence electrons. The molecule has 12 heteroatoms. The monoisotopic (exact) mass is 461 g/mol. The smallest absolute Gasteiger partial charge is 0.326 e. The van der Waals surface area contributed by atoms with Crippen LogP contribution in [0.3, 0.4) is 0 Å². The van der Waals surface area contributed by atoms with E-state index in [1.165, 1.54) is 18.7 Å². The molecule has 0 aromatic heterocycles. The fourth-order valence-electron chi connectivity index (χ4n) is 2.58. The number of amides is 4. The number of carbonyl (C=O) groups excluding carboxylic acids is 4. The number of carboxylic acid groups (broad SMARTS) is 1. The number of carboxylic acids is 1. The molecule has 0 heterocycles. The maximum atomic E-state index is 12.6. The van der Waals surface area contributed by atoms with E-state index in [1.54, 1.807) is 0 Å². The van der Waals surface area contributed by atoms with Gasteiger partial charge in [0, 0.05) is 6.42 Å². The van der Waals surface area contributed by atoms with Gasteiger partial charge in [0.2, 0.25) is 23.6 Å². The van der Waals surface area contributed by atoms with Crippen LogP contribution in [0.1, 0.15) is 46.5 Å². The third-order valence-electron chi connectivity index (χ3n) is 4.36. The fraction of sp³-hybridized carbons (Fsp3) is 0.737. The van der Waals surface area contributed by atoms with Crippen LogP contribution in [0.15, 0.2) is 0 Å². The largest absolute Gasteiger partial charge is 0.480 e. The number of nitrogens with two attached hydrogens (primary N) is 2. The van der Waals surface area contributed by atoms with Crippen LogP contribution in [0, 0.1) is 5.92 Å². The zero-order valence-electron chi connectivity index (χ0n) is 18.5. The minimum Gasteiger partial charge on any atom is -0.480 e. The molecule has 0 radical (unpaired) electrons. The Balaban J connectivity index is 5.00. The van der Waals surface area contributed by atoms with Crippen LogP contribution in [0.25, 0.3) is 0 Å². The molecule has 0 aliphatic rings. The molecule has 0 rings (SSSR count). The lowest BCUT2D eigenvalue weighted by atomic mass is 10.0. The molecule has 0 spiro atoms. The Kier molecular flexibility index (Phi) is 13.5. The summed E-state index contributed by atoms with van der Waals surface area (Å²) in [6.07, 6.45) is 2.36. The van der Waals surface area contributed by atoms with Crippen LogP contribution in [0.2, 0.25) is 0 Å². The van der Waals surface area contributed by atoms with E-state index in [-0.39, 0.29) is 25.2 Å². The van der Waals surface area contributed by atoms with Gasteiger partial charge in [0.1, 0.15) is 18.1 Å². The Labute approximate surface area is 186 Å². The molecule has 0 saturated carbocycles. The van der Waals surface area contributed by atoms with Gasteiger partial charge in [0.25, 0.3) is 0 Å². The second kappa shape index (κ2) is 14.6. The number of thioether (sulfide) groups is 1. The standard InChI is InChI=1S/C19H35N5O6S/c1-10(2)9-14(19(29)30)24-16(26)11(3)22-18(28)13(7-8-31-4)23-17(27)12(20)5-6-15(21)25/h10-14H,5-9,20H2,1-4H3,(H2,21,25)(H,22,28)(H,23,27)(H,24,26)(H,29,30). The number of primary amides is 1. The van der Waals surface area contributed by atoms with Crippen LogP contribution in [0.4, 0.5) is 0 Å². The van der Waals surface area contributed by atoms with Crippen molar-refractivity contribution in [3.63, 3.8) is 0 Å². The van der Waals surface area contributed by atoms with Gasteiger partial charge in [-0.05, 0) is 44.1 Å². The first kappa shape index (κ1) is 28.7. The van der Waals surface area contributed by atoms with Crippen molar-refractivity contribution in [3.8, 4) is 0 Å². The lowest BCUT2D eigenvalue weighted by Gasteiger charge is -2.23. The van der Waals surface area contributed by atoms with Crippen LogP contribution >= 0.6 is 11.8 Å². The van der Waals surface area contributed by atoms with Crippen molar-refractivity contribution in [2.24, 2.45) is 17.4 Å².